The van der Waals surface area contributed by atoms with Crippen LogP contribution >= 0.6 is 0 Å². The predicted molar refractivity (Wildman–Crippen MR) is 126 cm³/mol. The van der Waals surface area contributed by atoms with E-state index >= 15 is 0 Å². The number of nitrogens with zero attached hydrogens (tertiary/aromatic N) is 4. The molecule has 0 radical (unpaired) electrons. The Labute approximate surface area is 235 Å². The molecule has 0 saturated carbocycles. The Bertz CT molecular complexity index is 1280. The van der Waals surface area contributed by atoms with Gasteiger partial charge in [-0.05, 0) is 35.4 Å². The van der Waals surface area contributed by atoms with E-state index in [2.05, 4.69) is 19.6 Å². The maximum Gasteiger partial charge on any atom is 1.00 e. The maximum atomic E-state index is 12.5. The number of amidine groups is 2. The van der Waals surface area contributed by atoms with Crippen LogP contribution in [0.25, 0.3) is 0 Å². The summed E-state index contributed by atoms with van der Waals surface area (Å²) in [6.07, 6.45) is -2.46. The molecule has 37 heavy (non-hydrogen) atoms. The molecule has 0 bridgehead atoms. The van der Waals surface area contributed by atoms with E-state index in [9.17, 15) is 13.2 Å². The molecule has 0 amide bonds. The molecule has 2 aliphatic heterocycles. The van der Waals surface area contributed by atoms with Crippen molar-refractivity contribution in [3.8, 4) is 11.5 Å². The molecule has 0 spiro atoms. The summed E-state index contributed by atoms with van der Waals surface area (Å²) >= 11 is 0. The van der Waals surface area contributed by atoms with Crippen molar-refractivity contribution in [3.05, 3.63) is 71.6 Å². The smallest absolute Gasteiger partial charge is 1.00 e. The number of benzene rings is 2. The summed E-state index contributed by atoms with van der Waals surface area (Å²) in [5, 5.41) is 0. The molecule has 2 aliphatic rings. The van der Waals surface area contributed by atoms with Gasteiger partial charge in [0.25, 0.3) is 0 Å². The van der Waals surface area contributed by atoms with Gasteiger partial charge < -0.3 is 20.7 Å². The topological polar surface area (TPSA) is 124 Å². The molecular formula is C22H24F3N4NaO6S. The van der Waals surface area contributed by atoms with E-state index in [0.717, 1.165) is 22.8 Å². The first-order valence-electron chi connectivity index (χ1n) is 10.3. The van der Waals surface area contributed by atoms with Gasteiger partial charge in [-0.15, -0.1) is 13.2 Å². The van der Waals surface area contributed by atoms with E-state index in [1.165, 1.54) is 18.2 Å². The second kappa shape index (κ2) is 12.8. The van der Waals surface area contributed by atoms with Gasteiger partial charge in [0, 0.05) is 26.2 Å². The molecule has 2 aromatic carbocycles. The van der Waals surface area contributed by atoms with Gasteiger partial charge in [-0.25, -0.2) is 9.98 Å². The van der Waals surface area contributed by atoms with Crippen LogP contribution in [0, 0.1) is 0 Å². The number of rotatable bonds is 6. The van der Waals surface area contributed by atoms with Gasteiger partial charge in [0.05, 0.1) is 13.8 Å². The number of aliphatic imine (C=N–C) groups is 2. The van der Waals surface area contributed by atoms with Gasteiger partial charge in [-0.2, -0.15) is 8.42 Å². The molecule has 10 nitrogen and oxygen atoms in total. The number of methoxy groups -OCH3 is 1. The standard InChI is InChI=1S/C22H21F3N4O2.Na.H2O4S.H/c1-28-14-29(12-15-6-8-17(30-2)9-7-15)13-19-21(28)27-20(26-19)11-16-4-3-5-18(10-16)31-22(23,24)25;;1-5(2,3)4;/h3-10,13H,11-12,14H2,1-2H3;;(H2,1,2,3,4);/q;+1;;-1. The fourth-order valence-corrected chi connectivity index (χ4v) is 3.49. The normalized spacial score (nSPS) is 14.8. The Kier molecular flexibility index (Phi) is 10.6. The Morgan fingerprint density at radius 1 is 1.05 bits per heavy atom. The molecule has 2 aromatic rings. The molecule has 4 rings (SSSR count). The first kappa shape index (κ1) is 30.6. The largest absolute Gasteiger partial charge is 1.00 e. The summed E-state index contributed by atoms with van der Waals surface area (Å²) in [4.78, 5) is 13.3. The number of alkyl halides is 3. The van der Waals surface area contributed by atoms with Crippen molar-refractivity contribution < 1.29 is 71.2 Å². The zero-order valence-corrected chi connectivity index (χ0v) is 23.0. The summed E-state index contributed by atoms with van der Waals surface area (Å²) < 4.78 is 78.2. The molecule has 0 aliphatic carbocycles. The molecule has 0 aromatic heterocycles. The van der Waals surface area contributed by atoms with Crippen LogP contribution in [0.4, 0.5) is 13.2 Å². The van der Waals surface area contributed by atoms with Crippen LogP contribution in [0.2, 0.25) is 0 Å². The van der Waals surface area contributed by atoms with Gasteiger partial charge in [0.15, 0.2) is 5.84 Å². The summed E-state index contributed by atoms with van der Waals surface area (Å²) in [5.74, 6) is 1.85. The van der Waals surface area contributed by atoms with Crippen LogP contribution in [0.15, 0.2) is 70.4 Å². The van der Waals surface area contributed by atoms with E-state index in [4.69, 9.17) is 22.3 Å². The van der Waals surface area contributed by atoms with Crippen molar-refractivity contribution in [2.24, 2.45) is 9.98 Å². The maximum absolute atomic E-state index is 12.5. The van der Waals surface area contributed by atoms with Gasteiger partial charge >= 0.3 is 46.3 Å². The van der Waals surface area contributed by atoms with Crippen LogP contribution in [-0.4, -0.2) is 66.2 Å². The third kappa shape index (κ3) is 10.3. The predicted octanol–water partition coefficient (Wildman–Crippen LogP) is 0.657. The number of ether oxygens (including phenoxy) is 2. The van der Waals surface area contributed by atoms with Crippen molar-refractivity contribution in [2.45, 2.75) is 19.3 Å². The number of hydrogen-bond donors (Lipinski definition) is 2. The monoisotopic (exact) mass is 552 g/mol. The van der Waals surface area contributed by atoms with E-state index in [0.29, 0.717) is 31.0 Å². The van der Waals surface area contributed by atoms with Crippen LogP contribution in [-0.2, 0) is 23.4 Å². The molecule has 0 saturated heterocycles. The zero-order valence-electron chi connectivity index (χ0n) is 21.2. The van der Waals surface area contributed by atoms with E-state index in [1.807, 2.05) is 42.4 Å². The minimum absolute atomic E-state index is 0. The molecule has 15 heteroatoms. The number of likely N-dealkylation sites (N-methyl/N-ethyl adjacent to an activating group) is 1. The van der Waals surface area contributed by atoms with Crippen molar-refractivity contribution >= 4 is 22.1 Å². The van der Waals surface area contributed by atoms with Gasteiger partial charge in [-0.1, -0.05) is 24.3 Å². The zero-order chi connectivity index (χ0) is 26.5. The summed E-state index contributed by atoms with van der Waals surface area (Å²) in [7, 11) is -1.10. The Hall–Kier alpha value is -2.62. The first-order chi connectivity index (χ1) is 16.8. The van der Waals surface area contributed by atoms with Crippen molar-refractivity contribution in [1.29, 1.82) is 0 Å². The van der Waals surface area contributed by atoms with Crippen LogP contribution in [0.5, 0.6) is 11.5 Å². The summed E-state index contributed by atoms with van der Waals surface area (Å²) in [6.45, 7) is 1.35. The molecular weight excluding hydrogens is 528 g/mol. The molecule has 0 atom stereocenters. The molecule has 2 N–H and O–H groups in total. The van der Waals surface area contributed by atoms with Crippen molar-refractivity contribution in [1.82, 2.24) is 9.80 Å². The Morgan fingerprint density at radius 2 is 1.70 bits per heavy atom. The molecule has 0 unspecified atom stereocenters. The van der Waals surface area contributed by atoms with E-state index in [-0.39, 0.29) is 36.7 Å². The van der Waals surface area contributed by atoms with Crippen LogP contribution < -0.4 is 39.0 Å². The van der Waals surface area contributed by atoms with Crippen molar-refractivity contribution in [3.63, 3.8) is 0 Å². The number of hydrogen-bond acceptors (Lipinski definition) is 8. The quantitative estimate of drug-likeness (QED) is 0.396. The second-order valence-corrected chi connectivity index (χ2v) is 8.63. The van der Waals surface area contributed by atoms with Crippen molar-refractivity contribution in [2.75, 3.05) is 20.8 Å². The Balaban J connectivity index is 0.000000946. The summed E-state index contributed by atoms with van der Waals surface area (Å²) in [6, 6.07) is 13.7. The fourth-order valence-electron chi connectivity index (χ4n) is 3.49. The Morgan fingerprint density at radius 3 is 2.30 bits per heavy atom. The van der Waals surface area contributed by atoms with E-state index < -0.39 is 16.8 Å². The van der Waals surface area contributed by atoms with Crippen LogP contribution in [0.1, 0.15) is 12.6 Å². The average molecular weight is 553 g/mol. The summed E-state index contributed by atoms with van der Waals surface area (Å²) in [5.41, 5.74) is 2.51. The first-order valence-corrected chi connectivity index (χ1v) is 11.7. The fraction of sp³-hybridized carbons (Fsp3) is 0.273. The third-order valence-electron chi connectivity index (χ3n) is 4.81. The minimum Gasteiger partial charge on any atom is -1.00 e. The minimum atomic E-state index is -4.72. The second-order valence-electron chi connectivity index (χ2n) is 7.73. The molecule has 196 valence electrons. The molecule has 0 fully saturated rings. The SMILES string of the molecule is COc1ccc(CN2C=C3N=C(Cc4cccc(OC(F)(F)F)c4)N=C3N(C)C2)cc1.O=S(=O)(O)O.[H-].[Na+]. The van der Waals surface area contributed by atoms with Gasteiger partial charge in [0.2, 0.25) is 0 Å². The van der Waals surface area contributed by atoms with Gasteiger partial charge in [0.1, 0.15) is 23.0 Å². The van der Waals surface area contributed by atoms with E-state index in [1.54, 1.807) is 13.2 Å². The number of fused-ring (bicyclic) bond motifs is 1. The van der Waals surface area contributed by atoms with Crippen LogP contribution in [0.3, 0.4) is 0 Å². The average Bonchev–Trinajstić information content (AvgIpc) is 3.15. The molecule has 2 heterocycles. The number of halogens is 3. The van der Waals surface area contributed by atoms with Gasteiger partial charge in [-0.3, -0.25) is 9.11 Å². The third-order valence-corrected chi connectivity index (χ3v) is 4.81.